The van der Waals surface area contributed by atoms with Gasteiger partial charge in [0.2, 0.25) is 11.8 Å². The molecule has 0 fully saturated rings. The number of nitrogens with zero attached hydrogens (tertiary/aromatic N) is 2. The van der Waals surface area contributed by atoms with Crippen LogP contribution in [0, 0.1) is 0 Å². The van der Waals surface area contributed by atoms with E-state index in [1.807, 2.05) is 74.7 Å². The summed E-state index contributed by atoms with van der Waals surface area (Å²) in [5.41, 5.74) is 1.89. The molecule has 0 bridgehead atoms. The molecule has 0 spiro atoms. The summed E-state index contributed by atoms with van der Waals surface area (Å²) >= 11 is 4.96. The number of benzene rings is 4. The van der Waals surface area contributed by atoms with Gasteiger partial charge < -0.3 is 15.0 Å². The summed E-state index contributed by atoms with van der Waals surface area (Å²) in [4.78, 5) is 30.6. The van der Waals surface area contributed by atoms with E-state index in [2.05, 4.69) is 21.2 Å². The summed E-state index contributed by atoms with van der Waals surface area (Å²) in [6.45, 7) is 3.83. The lowest BCUT2D eigenvalue weighted by Gasteiger charge is -2.34. The molecule has 8 nitrogen and oxygen atoms in total. The number of rotatable bonds is 15. The summed E-state index contributed by atoms with van der Waals surface area (Å²) in [7, 11) is -4.25. The van der Waals surface area contributed by atoms with E-state index in [-0.39, 0.29) is 29.5 Å². The molecule has 0 aliphatic rings. The molecule has 0 aliphatic heterocycles. The van der Waals surface area contributed by atoms with Crippen LogP contribution in [-0.2, 0) is 32.6 Å². The molecule has 0 heterocycles. The fourth-order valence-electron chi connectivity index (χ4n) is 4.96. The van der Waals surface area contributed by atoms with Gasteiger partial charge in [-0.1, -0.05) is 70.5 Å². The predicted molar refractivity (Wildman–Crippen MR) is 188 cm³/mol. The number of likely N-dealkylation sites (N-methyl/N-ethyl adjacent to an activating group) is 1. The maximum atomic E-state index is 14.6. The van der Waals surface area contributed by atoms with Gasteiger partial charge in [0.15, 0.2) is 0 Å². The minimum atomic E-state index is -4.25. The number of para-hydroxylation sites is 2. The lowest BCUT2D eigenvalue weighted by molar-refractivity contribution is -0.140. The molecule has 1 N–H and O–H groups in total. The van der Waals surface area contributed by atoms with E-state index in [0.717, 1.165) is 24.8 Å². The van der Waals surface area contributed by atoms with Crippen LogP contribution in [0.2, 0.25) is 0 Å². The first kappa shape index (κ1) is 35.1. The Labute approximate surface area is 284 Å². The van der Waals surface area contributed by atoms with Gasteiger partial charge in [-0.2, -0.15) is 0 Å². The molecule has 1 unspecified atom stereocenters. The van der Waals surface area contributed by atoms with Crippen LogP contribution in [0.25, 0.3) is 0 Å². The summed E-state index contributed by atoms with van der Waals surface area (Å²) < 4.78 is 36.5. The average Bonchev–Trinajstić information content (AvgIpc) is 3.07. The number of halogens is 1. The Kier molecular flexibility index (Phi) is 12.7. The van der Waals surface area contributed by atoms with Gasteiger partial charge in [0.05, 0.1) is 17.2 Å². The maximum absolute atomic E-state index is 14.6. The number of nitrogens with one attached hydrogen (secondary N) is 1. The van der Waals surface area contributed by atoms with E-state index in [0.29, 0.717) is 18.9 Å². The third-order valence-electron chi connectivity index (χ3n) is 7.25. The van der Waals surface area contributed by atoms with Crippen molar-refractivity contribution in [2.24, 2.45) is 0 Å². The molecule has 0 radical (unpaired) electrons. The number of hydrogen-bond donors (Lipinski definition) is 1. The molecular weight excluding hydrogens is 686 g/mol. The highest BCUT2D eigenvalue weighted by molar-refractivity contribution is 9.10. The van der Waals surface area contributed by atoms with Crippen molar-refractivity contribution in [2.75, 3.05) is 30.3 Å². The highest BCUT2D eigenvalue weighted by atomic mass is 79.9. The summed E-state index contributed by atoms with van der Waals surface area (Å²) in [6.07, 6.45) is 2.15. The van der Waals surface area contributed by atoms with Gasteiger partial charge in [-0.3, -0.25) is 13.9 Å². The number of ether oxygens (including phenoxy) is 1. The third kappa shape index (κ3) is 8.92. The van der Waals surface area contributed by atoms with Crippen LogP contribution in [0.5, 0.6) is 5.75 Å². The standard InChI is InChI=1S/C35H38BrN3O5S2/c1-4-37-35(41)32(23-26-11-7-6-8-12-26)38(24-27-15-17-28(36)18-16-27)34(40)25-39(31-13-9-10-14-33(31)44-5-2)46(42,43)30-21-19-29(45-3)20-22-30/h6-22,32H,4-5,23-25H2,1-3H3,(H,37,41). The van der Waals surface area contributed by atoms with Crippen molar-refractivity contribution in [3.05, 3.63) is 119 Å². The van der Waals surface area contributed by atoms with Gasteiger partial charge in [0.1, 0.15) is 18.3 Å². The Balaban J connectivity index is 1.82. The van der Waals surface area contributed by atoms with E-state index in [1.54, 1.807) is 36.4 Å². The first-order valence-corrected chi connectivity index (χ1v) is 18.4. The normalized spacial score (nSPS) is 11.8. The fraction of sp³-hybridized carbons (Fsp3) is 0.257. The summed E-state index contributed by atoms with van der Waals surface area (Å²) in [6, 6.07) is 29.3. The molecule has 0 aromatic heterocycles. The van der Waals surface area contributed by atoms with Crippen LogP contribution in [0.15, 0.2) is 117 Å². The van der Waals surface area contributed by atoms with Crippen molar-refractivity contribution in [1.82, 2.24) is 10.2 Å². The molecule has 4 rings (SSSR count). The lowest BCUT2D eigenvalue weighted by atomic mass is 10.0. The van der Waals surface area contributed by atoms with Crippen molar-refractivity contribution >= 4 is 55.2 Å². The molecule has 2 amide bonds. The van der Waals surface area contributed by atoms with E-state index in [1.165, 1.54) is 28.8 Å². The number of hydrogen-bond acceptors (Lipinski definition) is 6. The molecule has 11 heteroatoms. The van der Waals surface area contributed by atoms with Crippen LogP contribution in [0.3, 0.4) is 0 Å². The molecular formula is C35H38BrN3O5S2. The minimum Gasteiger partial charge on any atom is -0.492 e. The van der Waals surface area contributed by atoms with E-state index < -0.39 is 28.5 Å². The Morgan fingerprint density at radius 1 is 0.870 bits per heavy atom. The Hall–Kier alpha value is -3.80. The highest BCUT2D eigenvalue weighted by Gasteiger charge is 2.35. The molecule has 0 aliphatic carbocycles. The van der Waals surface area contributed by atoms with Crippen LogP contribution in [0.4, 0.5) is 5.69 Å². The van der Waals surface area contributed by atoms with Crippen molar-refractivity contribution < 1.29 is 22.7 Å². The molecule has 1 atom stereocenters. The zero-order chi connectivity index (χ0) is 33.1. The smallest absolute Gasteiger partial charge is 0.264 e. The van der Waals surface area contributed by atoms with Crippen molar-refractivity contribution in [3.63, 3.8) is 0 Å². The SMILES string of the molecule is CCNC(=O)C(Cc1ccccc1)N(Cc1ccc(Br)cc1)C(=O)CN(c1ccccc1OCC)S(=O)(=O)c1ccc(SC)cc1. The topological polar surface area (TPSA) is 96.0 Å². The predicted octanol–water partition coefficient (Wildman–Crippen LogP) is 6.54. The summed E-state index contributed by atoms with van der Waals surface area (Å²) in [5.74, 6) is -0.537. The molecule has 0 saturated heterocycles. The van der Waals surface area contributed by atoms with Crippen LogP contribution < -0.4 is 14.4 Å². The first-order chi connectivity index (χ1) is 22.2. The zero-order valence-corrected chi connectivity index (χ0v) is 29.3. The Bertz CT molecular complexity index is 1700. The van der Waals surface area contributed by atoms with Gasteiger partial charge in [-0.15, -0.1) is 11.8 Å². The number of amides is 2. The van der Waals surface area contributed by atoms with Crippen molar-refractivity contribution in [1.29, 1.82) is 0 Å². The average molecular weight is 725 g/mol. The molecule has 4 aromatic rings. The third-order valence-corrected chi connectivity index (χ3v) is 10.3. The zero-order valence-electron chi connectivity index (χ0n) is 26.1. The fourth-order valence-corrected chi connectivity index (χ4v) is 7.06. The number of carbonyl (C=O) groups is 2. The first-order valence-electron chi connectivity index (χ1n) is 14.9. The number of sulfonamides is 1. The second kappa shape index (κ2) is 16.7. The van der Waals surface area contributed by atoms with Gasteiger partial charge >= 0.3 is 0 Å². The monoisotopic (exact) mass is 723 g/mol. The van der Waals surface area contributed by atoms with Crippen LogP contribution in [-0.4, -0.2) is 57.1 Å². The number of thioether (sulfide) groups is 1. The minimum absolute atomic E-state index is 0.0356. The molecule has 0 saturated carbocycles. The highest BCUT2D eigenvalue weighted by Crippen LogP contribution is 2.33. The second-order valence-electron chi connectivity index (χ2n) is 10.3. The lowest BCUT2D eigenvalue weighted by Crippen LogP contribution is -2.53. The van der Waals surface area contributed by atoms with E-state index in [4.69, 9.17) is 4.74 Å². The summed E-state index contributed by atoms with van der Waals surface area (Å²) in [5, 5.41) is 2.88. The van der Waals surface area contributed by atoms with Gasteiger partial charge in [0, 0.05) is 28.9 Å². The molecule has 242 valence electrons. The van der Waals surface area contributed by atoms with Crippen molar-refractivity contribution in [3.8, 4) is 5.75 Å². The van der Waals surface area contributed by atoms with Crippen LogP contribution >= 0.6 is 27.7 Å². The number of anilines is 1. The van der Waals surface area contributed by atoms with Gasteiger partial charge in [-0.25, -0.2) is 8.42 Å². The maximum Gasteiger partial charge on any atom is 0.264 e. The largest absolute Gasteiger partial charge is 0.492 e. The van der Waals surface area contributed by atoms with E-state index in [9.17, 15) is 18.0 Å². The second-order valence-corrected chi connectivity index (χ2v) is 14.0. The molecule has 46 heavy (non-hydrogen) atoms. The van der Waals surface area contributed by atoms with Gasteiger partial charge in [-0.05, 0) is 79.8 Å². The van der Waals surface area contributed by atoms with Gasteiger partial charge in [0.25, 0.3) is 10.0 Å². The Morgan fingerprint density at radius 2 is 1.52 bits per heavy atom. The Morgan fingerprint density at radius 3 is 2.15 bits per heavy atom. The van der Waals surface area contributed by atoms with Crippen molar-refractivity contribution in [2.45, 2.75) is 42.6 Å². The molecule has 4 aromatic carbocycles. The van der Waals surface area contributed by atoms with E-state index >= 15 is 0 Å². The van der Waals surface area contributed by atoms with Crippen LogP contribution in [0.1, 0.15) is 25.0 Å². The quantitative estimate of drug-likeness (QED) is 0.140. The number of carbonyl (C=O) groups excluding carboxylic acids is 2.